The minimum Gasteiger partial charge on any atom is -0.392 e. The average Bonchev–Trinajstić information content (AvgIpc) is 2.47. The van der Waals surface area contributed by atoms with Crippen LogP contribution in [0.3, 0.4) is 0 Å². The number of hydrogen-bond donors (Lipinski definition) is 1. The Morgan fingerprint density at radius 1 is 1.33 bits per heavy atom. The Balaban J connectivity index is 2.13. The number of aliphatic hydroxyl groups is 1. The van der Waals surface area contributed by atoms with Gasteiger partial charge in [-0.15, -0.1) is 0 Å². The van der Waals surface area contributed by atoms with Crippen molar-refractivity contribution in [1.29, 1.82) is 0 Å². The van der Waals surface area contributed by atoms with Gasteiger partial charge in [0.2, 0.25) is 10.0 Å². The molecular weight excluding hydrogens is 288 g/mol. The quantitative estimate of drug-likeness (QED) is 0.916. The van der Waals surface area contributed by atoms with Gasteiger partial charge >= 0.3 is 0 Å². The van der Waals surface area contributed by atoms with E-state index < -0.39 is 16.1 Å². The second-order valence-electron chi connectivity index (χ2n) is 5.44. The zero-order chi connectivity index (χ0) is 15.0. The van der Waals surface area contributed by atoms with E-state index in [4.69, 9.17) is 0 Å². The average molecular weight is 306 g/mol. The molecule has 1 fully saturated rings. The summed E-state index contributed by atoms with van der Waals surface area (Å²) in [5.41, 5.74) is 1.65. The summed E-state index contributed by atoms with van der Waals surface area (Å²) in [4.78, 5) is 4.55. The lowest BCUT2D eigenvalue weighted by Gasteiger charge is -2.29. The van der Waals surface area contributed by atoms with Gasteiger partial charge in [-0.1, -0.05) is 6.07 Å². The summed E-state index contributed by atoms with van der Waals surface area (Å²) in [5.74, 6) is 0. The maximum absolute atomic E-state index is 12.8. The van der Waals surface area contributed by atoms with Gasteiger partial charge in [0.25, 0.3) is 0 Å². The molecule has 2 heterocycles. The lowest BCUT2D eigenvalue weighted by atomic mass is 10.1. The van der Waals surface area contributed by atoms with Gasteiger partial charge in [0.1, 0.15) is 0 Å². The summed E-state index contributed by atoms with van der Waals surface area (Å²) in [5, 5.41) is 10.4. The molecule has 1 aliphatic rings. The van der Waals surface area contributed by atoms with Crippen LogP contribution in [0.4, 0.5) is 0 Å². The molecule has 1 atom stereocenters. The van der Waals surface area contributed by atoms with E-state index in [1.54, 1.807) is 30.5 Å². The number of hydrogen-bond acceptors (Lipinski definition) is 4. The Morgan fingerprint density at radius 3 is 2.90 bits per heavy atom. The first-order valence-corrected chi connectivity index (χ1v) is 8.47. The number of aromatic nitrogens is 1. The standard InChI is InChI=1S/C15H18N2O3S/c1-11-6-7-14(13-5-2-8-16-15(11)13)21(19,20)17-9-3-4-12(18)10-17/h2,5-8,12,18H,3-4,9-10H2,1H3/t12-/m0/s1. The van der Waals surface area contributed by atoms with Crippen LogP contribution in [-0.4, -0.2) is 42.0 Å². The highest BCUT2D eigenvalue weighted by molar-refractivity contribution is 7.89. The minimum absolute atomic E-state index is 0.165. The topological polar surface area (TPSA) is 70.5 Å². The fraction of sp³-hybridized carbons (Fsp3) is 0.400. The molecule has 1 N–H and O–H groups in total. The van der Waals surface area contributed by atoms with Gasteiger partial charge in [-0.05, 0) is 43.5 Å². The third-order valence-corrected chi connectivity index (χ3v) is 5.83. The zero-order valence-electron chi connectivity index (χ0n) is 11.9. The van der Waals surface area contributed by atoms with Crippen LogP contribution >= 0.6 is 0 Å². The van der Waals surface area contributed by atoms with Crippen LogP contribution in [0, 0.1) is 6.92 Å². The number of aryl methyl sites for hydroxylation is 1. The summed E-state index contributed by atoms with van der Waals surface area (Å²) < 4.78 is 27.1. The smallest absolute Gasteiger partial charge is 0.243 e. The van der Waals surface area contributed by atoms with Crippen LogP contribution in [0.5, 0.6) is 0 Å². The van der Waals surface area contributed by atoms with Gasteiger partial charge in [-0.25, -0.2) is 8.42 Å². The normalized spacial score (nSPS) is 20.8. The summed E-state index contributed by atoms with van der Waals surface area (Å²) in [6.45, 7) is 2.53. The van der Waals surface area contributed by atoms with Crippen molar-refractivity contribution in [1.82, 2.24) is 9.29 Å². The summed E-state index contributed by atoms with van der Waals surface area (Å²) in [6, 6.07) is 6.94. The predicted octanol–water partition coefficient (Wildman–Crippen LogP) is 1.69. The molecule has 0 aliphatic carbocycles. The first kappa shape index (κ1) is 14.4. The Morgan fingerprint density at radius 2 is 2.14 bits per heavy atom. The van der Waals surface area contributed by atoms with E-state index in [1.807, 2.05) is 6.92 Å². The van der Waals surface area contributed by atoms with Gasteiger partial charge in [0.15, 0.2) is 0 Å². The molecule has 5 nitrogen and oxygen atoms in total. The van der Waals surface area contributed by atoms with Crippen molar-refractivity contribution in [3.8, 4) is 0 Å². The van der Waals surface area contributed by atoms with Gasteiger partial charge in [-0.2, -0.15) is 4.31 Å². The van der Waals surface area contributed by atoms with Crippen molar-refractivity contribution in [2.24, 2.45) is 0 Å². The second kappa shape index (κ2) is 5.36. The second-order valence-corrected chi connectivity index (χ2v) is 7.35. The third-order valence-electron chi connectivity index (χ3n) is 3.91. The first-order valence-electron chi connectivity index (χ1n) is 7.03. The van der Waals surface area contributed by atoms with Crippen LogP contribution in [0.25, 0.3) is 10.9 Å². The van der Waals surface area contributed by atoms with E-state index in [-0.39, 0.29) is 11.4 Å². The third kappa shape index (κ3) is 2.54. The molecule has 1 aromatic carbocycles. The van der Waals surface area contributed by atoms with Crippen molar-refractivity contribution >= 4 is 20.9 Å². The van der Waals surface area contributed by atoms with Crippen molar-refractivity contribution in [2.45, 2.75) is 30.8 Å². The fourth-order valence-electron chi connectivity index (χ4n) is 2.79. The Bertz CT molecular complexity index is 774. The number of rotatable bonds is 2. The Labute approximate surface area is 124 Å². The molecule has 0 amide bonds. The SMILES string of the molecule is Cc1ccc(S(=O)(=O)N2CCC[C@H](O)C2)c2cccnc12. The molecule has 0 unspecified atom stereocenters. The van der Waals surface area contributed by atoms with Gasteiger partial charge in [0.05, 0.1) is 16.5 Å². The fourth-order valence-corrected chi connectivity index (χ4v) is 4.49. The molecule has 1 saturated heterocycles. The maximum atomic E-state index is 12.8. The predicted molar refractivity (Wildman–Crippen MR) is 80.5 cm³/mol. The van der Waals surface area contributed by atoms with Gasteiger partial charge in [0, 0.05) is 24.7 Å². The summed E-state index contributed by atoms with van der Waals surface area (Å²) in [7, 11) is -3.60. The molecule has 21 heavy (non-hydrogen) atoms. The molecule has 6 heteroatoms. The zero-order valence-corrected chi connectivity index (χ0v) is 12.7. The molecule has 112 valence electrons. The van der Waals surface area contributed by atoms with E-state index in [0.717, 1.165) is 5.56 Å². The van der Waals surface area contributed by atoms with Gasteiger partial charge < -0.3 is 5.11 Å². The highest BCUT2D eigenvalue weighted by atomic mass is 32.2. The van der Waals surface area contributed by atoms with Crippen molar-refractivity contribution in [3.63, 3.8) is 0 Å². The number of sulfonamides is 1. The van der Waals surface area contributed by atoms with Gasteiger partial charge in [-0.3, -0.25) is 4.98 Å². The number of piperidine rings is 1. The van der Waals surface area contributed by atoms with E-state index in [9.17, 15) is 13.5 Å². The summed E-state index contributed by atoms with van der Waals surface area (Å²) >= 11 is 0. The monoisotopic (exact) mass is 306 g/mol. The molecule has 1 aromatic heterocycles. The number of aliphatic hydroxyl groups excluding tert-OH is 1. The number of benzene rings is 1. The molecule has 2 aromatic rings. The van der Waals surface area contributed by atoms with E-state index in [0.29, 0.717) is 30.3 Å². The maximum Gasteiger partial charge on any atom is 0.243 e. The van der Waals surface area contributed by atoms with Crippen LogP contribution in [0.15, 0.2) is 35.4 Å². The van der Waals surface area contributed by atoms with Crippen LogP contribution in [0.2, 0.25) is 0 Å². The molecular formula is C15H18N2O3S. The van der Waals surface area contributed by atoms with Crippen molar-refractivity contribution in [2.75, 3.05) is 13.1 Å². The Hall–Kier alpha value is -1.50. The highest BCUT2D eigenvalue weighted by Crippen LogP contribution is 2.28. The number of nitrogens with zero attached hydrogens (tertiary/aromatic N) is 2. The van der Waals surface area contributed by atoms with Crippen molar-refractivity contribution < 1.29 is 13.5 Å². The van der Waals surface area contributed by atoms with Crippen LogP contribution in [-0.2, 0) is 10.0 Å². The largest absolute Gasteiger partial charge is 0.392 e. The van der Waals surface area contributed by atoms with Crippen molar-refractivity contribution in [3.05, 3.63) is 36.0 Å². The van der Waals surface area contributed by atoms with E-state index in [1.165, 1.54) is 4.31 Å². The molecule has 1 aliphatic heterocycles. The minimum atomic E-state index is -3.60. The molecule has 0 bridgehead atoms. The first-order chi connectivity index (χ1) is 10.00. The number of β-amino-alcohol motifs (C(OH)–C–C–N with tert-alkyl or cyclic N) is 1. The molecule has 0 saturated carbocycles. The molecule has 0 spiro atoms. The Kier molecular flexibility index (Phi) is 3.69. The molecule has 0 radical (unpaired) electrons. The van der Waals surface area contributed by atoms with E-state index >= 15 is 0 Å². The van der Waals surface area contributed by atoms with Crippen LogP contribution < -0.4 is 0 Å². The summed E-state index contributed by atoms with van der Waals surface area (Å²) in [6.07, 6.45) is 2.42. The number of fused-ring (bicyclic) bond motifs is 1. The lowest BCUT2D eigenvalue weighted by Crippen LogP contribution is -2.42. The van der Waals surface area contributed by atoms with E-state index in [2.05, 4.69) is 4.98 Å². The number of pyridine rings is 1. The molecule has 3 rings (SSSR count). The van der Waals surface area contributed by atoms with Crippen LogP contribution in [0.1, 0.15) is 18.4 Å². The highest BCUT2D eigenvalue weighted by Gasteiger charge is 2.30. The lowest BCUT2D eigenvalue weighted by molar-refractivity contribution is 0.108.